The maximum atomic E-state index is 5.61. The smallest absolute Gasteiger partial charge is 0.231 e. The first kappa shape index (κ1) is 14.8. The van der Waals surface area contributed by atoms with Gasteiger partial charge in [0.1, 0.15) is 0 Å². The third-order valence-electron chi connectivity index (χ3n) is 4.33. The predicted octanol–water partition coefficient (Wildman–Crippen LogP) is 2.48. The van der Waals surface area contributed by atoms with Crippen LogP contribution < -0.4 is 19.5 Å². The highest BCUT2D eigenvalue weighted by atomic mass is 32.1. The lowest BCUT2D eigenvalue weighted by atomic mass is 10.0. The van der Waals surface area contributed by atoms with E-state index < -0.39 is 0 Å². The molecule has 2 aliphatic heterocycles. The van der Waals surface area contributed by atoms with Crippen molar-refractivity contribution in [3.05, 3.63) is 40.1 Å². The number of thiophene rings is 1. The van der Waals surface area contributed by atoms with Crippen molar-refractivity contribution in [3.63, 3.8) is 0 Å². The monoisotopic (exact) mass is 332 g/mol. The second kappa shape index (κ2) is 6.39. The molecule has 0 unspecified atom stereocenters. The number of methoxy groups -OCH3 is 1. The van der Waals surface area contributed by atoms with Crippen LogP contribution >= 0.6 is 11.3 Å². The normalized spacial score (nSPS) is 18.8. The Bertz CT molecular complexity index is 669. The van der Waals surface area contributed by atoms with Crippen molar-refractivity contribution in [1.29, 1.82) is 0 Å². The van der Waals surface area contributed by atoms with Gasteiger partial charge in [-0.05, 0) is 29.1 Å². The van der Waals surface area contributed by atoms with E-state index in [-0.39, 0.29) is 12.8 Å². The van der Waals surface area contributed by atoms with Gasteiger partial charge in [-0.2, -0.15) is 0 Å². The molecule has 1 saturated heterocycles. The summed E-state index contributed by atoms with van der Waals surface area (Å²) in [5, 5.41) is 5.56. The van der Waals surface area contributed by atoms with E-state index in [0.717, 1.165) is 37.7 Å². The summed E-state index contributed by atoms with van der Waals surface area (Å²) < 4.78 is 16.7. The first-order valence-corrected chi connectivity index (χ1v) is 8.70. The summed E-state index contributed by atoms with van der Waals surface area (Å²) in [7, 11) is 1.67. The zero-order chi connectivity index (χ0) is 15.6. The molecule has 1 N–H and O–H groups in total. The number of benzene rings is 1. The van der Waals surface area contributed by atoms with Crippen LogP contribution in [-0.2, 0) is 0 Å². The van der Waals surface area contributed by atoms with E-state index in [9.17, 15) is 0 Å². The van der Waals surface area contributed by atoms with Gasteiger partial charge in [0.15, 0.2) is 11.5 Å². The molecule has 4 rings (SSSR count). The minimum absolute atomic E-state index is 0.223. The molecule has 5 nitrogen and oxygen atoms in total. The first-order valence-electron chi connectivity index (χ1n) is 7.82. The molecule has 2 aliphatic rings. The average molecular weight is 332 g/mol. The fourth-order valence-electron chi connectivity index (χ4n) is 3.25. The van der Waals surface area contributed by atoms with E-state index >= 15 is 0 Å². The van der Waals surface area contributed by atoms with Gasteiger partial charge in [-0.15, -0.1) is 11.3 Å². The van der Waals surface area contributed by atoms with Crippen LogP contribution in [0, 0.1) is 0 Å². The highest BCUT2D eigenvalue weighted by Gasteiger charge is 2.28. The Balaban J connectivity index is 1.77. The molecule has 1 aromatic heterocycles. The zero-order valence-electron chi connectivity index (χ0n) is 13.1. The van der Waals surface area contributed by atoms with Gasteiger partial charge in [0.25, 0.3) is 0 Å². The van der Waals surface area contributed by atoms with Crippen LogP contribution in [-0.4, -0.2) is 45.0 Å². The number of rotatable bonds is 4. The van der Waals surface area contributed by atoms with Gasteiger partial charge in [0.2, 0.25) is 12.5 Å². The summed E-state index contributed by atoms with van der Waals surface area (Å²) in [6, 6.07) is 8.71. The lowest BCUT2D eigenvalue weighted by molar-refractivity contribution is 0.171. The maximum Gasteiger partial charge on any atom is 0.231 e. The Morgan fingerprint density at radius 1 is 1.26 bits per heavy atom. The molecule has 122 valence electrons. The second-order valence-electron chi connectivity index (χ2n) is 5.66. The summed E-state index contributed by atoms with van der Waals surface area (Å²) in [4.78, 5) is 3.85. The van der Waals surface area contributed by atoms with Gasteiger partial charge in [0, 0.05) is 31.1 Å². The van der Waals surface area contributed by atoms with Crippen LogP contribution in [0.3, 0.4) is 0 Å². The number of nitrogens with zero attached hydrogens (tertiary/aromatic N) is 1. The molecule has 0 bridgehead atoms. The summed E-state index contributed by atoms with van der Waals surface area (Å²) in [5.41, 5.74) is 1.19. The summed E-state index contributed by atoms with van der Waals surface area (Å²) >= 11 is 1.79. The third-order valence-corrected chi connectivity index (χ3v) is 5.25. The predicted molar refractivity (Wildman–Crippen MR) is 89.7 cm³/mol. The SMILES string of the molecule is COc1cc([C@H](c2cccs2)N2CCNCC2)cc2c1OCO2. The van der Waals surface area contributed by atoms with Crippen LogP contribution in [0.15, 0.2) is 29.6 Å². The Hall–Kier alpha value is -1.76. The molecule has 0 saturated carbocycles. The fourth-order valence-corrected chi connectivity index (χ4v) is 4.14. The molecule has 0 spiro atoms. The van der Waals surface area contributed by atoms with E-state index in [1.807, 2.05) is 0 Å². The summed E-state index contributed by atoms with van der Waals surface area (Å²) in [5.74, 6) is 2.23. The minimum atomic E-state index is 0.223. The molecule has 2 aromatic rings. The summed E-state index contributed by atoms with van der Waals surface area (Å²) in [6.45, 7) is 4.35. The molecule has 1 fully saturated rings. The lowest BCUT2D eigenvalue weighted by Gasteiger charge is -2.35. The Labute approximate surface area is 139 Å². The first-order chi connectivity index (χ1) is 11.4. The van der Waals surface area contributed by atoms with E-state index in [1.165, 1.54) is 10.4 Å². The largest absolute Gasteiger partial charge is 0.493 e. The molecular weight excluding hydrogens is 312 g/mol. The molecule has 1 aromatic carbocycles. The van der Waals surface area contributed by atoms with Crippen LogP contribution in [0.1, 0.15) is 16.5 Å². The molecule has 23 heavy (non-hydrogen) atoms. The number of piperazine rings is 1. The Morgan fingerprint density at radius 2 is 2.13 bits per heavy atom. The van der Waals surface area contributed by atoms with Crippen molar-refractivity contribution in [1.82, 2.24) is 10.2 Å². The number of fused-ring (bicyclic) bond motifs is 1. The van der Waals surface area contributed by atoms with Crippen molar-refractivity contribution in [2.45, 2.75) is 6.04 Å². The van der Waals surface area contributed by atoms with E-state index in [4.69, 9.17) is 14.2 Å². The van der Waals surface area contributed by atoms with E-state index in [2.05, 4.69) is 39.9 Å². The minimum Gasteiger partial charge on any atom is -0.493 e. The maximum absolute atomic E-state index is 5.61. The number of nitrogens with one attached hydrogen (secondary N) is 1. The number of hydrogen-bond acceptors (Lipinski definition) is 6. The highest BCUT2D eigenvalue weighted by Crippen LogP contribution is 2.45. The number of ether oxygens (including phenoxy) is 3. The van der Waals surface area contributed by atoms with Gasteiger partial charge in [-0.3, -0.25) is 4.90 Å². The molecule has 0 aliphatic carbocycles. The quantitative estimate of drug-likeness (QED) is 0.932. The van der Waals surface area contributed by atoms with E-state index in [1.54, 1.807) is 18.4 Å². The van der Waals surface area contributed by atoms with Crippen molar-refractivity contribution in [2.24, 2.45) is 0 Å². The Kier molecular flexibility index (Phi) is 4.11. The lowest BCUT2D eigenvalue weighted by Crippen LogP contribution is -2.45. The zero-order valence-corrected chi connectivity index (χ0v) is 13.9. The summed E-state index contributed by atoms with van der Waals surface area (Å²) in [6.07, 6.45) is 0. The van der Waals surface area contributed by atoms with Crippen molar-refractivity contribution in [3.8, 4) is 17.2 Å². The topological polar surface area (TPSA) is 43.0 Å². The van der Waals surface area contributed by atoms with Crippen molar-refractivity contribution >= 4 is 11.3 Å². The number of hydrogen-bond donors (Lipinski definition) is 1. The van der Waals surface area contributed by atoms with Crippen molar-refractivity contribution < 1.29 is 14.2 Å². The third kappa shape index (κ3) is 2.78. The van der Waals surface area contributed by atoms with Crippen LogP contribution in [0.2, 0.25) is 0 Å². The standard InChI is InChI=1S/C17H20N2O3S/c1-20-13-9-12(10-14-17(13)22-11-21-14)16(15-3-2-8-23-15)19-6-4-18-5-7-19/h2-3,8-10,16,18H,4-7,11H2,1H3/t16-/m1/s1. The Morgan fingerprint density at radius 3 is 2.87 bits per heavy atom. The fraction of sp³-hybridized carbons (Fsp3) is 0.412. The van der Waals surface area contributed by atoms with Gasteiger partial charge in [-0.25, -0.2) is 0 Å². The van der Waals surface area contributed by atoms with Crippen LogP contribution in [0.4, 0.5) is 0 Å². The second-order valence-corrected chi connectivity index (χ2v) is 6.64. The van der Waals surface area contributed by atoms with E-state index in [0.29, 0.717) is 5.75 Å². The average Bonchev–Trinajstić information content (AvgIpc) is 3.27. The van der Waals surface area contributed by atoms with Gasteiger partial charge < -0.3 is 19.5 Å². The van der Waals surface area contributed by atoms with Gasteiger partial charge in [-0.1, -0.05) is 6.07 Å². The molecule has 0 amide bonds. The molecular formula is C17H20N2O3S. The van der Waals surface area contributed by atoms with Crippen LogP contribution in [0.5, 0.6) is 17.2 Å². The highest BCUT2D eigenvalue weighted by molar-refractivity contribution is 7.10. The van der Waals surface area contributed by atoms with Crippen LogP contribution in [0.25, 0.3) is 0 Å². The van der Waals surface area contributed by atoms with Gasteiger partial charge >= 0.3 is 0 Å². The van der Waals surface area contributed by atoms with Crippen molar-refractivity contribution in [2.75, 3.05) is 40.1 Å². The molecule has 6 heteroatoms. The molecule has 1 atom stereocenters. The van der Waals surface area contributed by atoms with Gasteiger partial charge in [0.05, 0.1) is 13.2 Å². The molecule has 0 radical (unpaired) electrons. The molecule has 3 heterocycles.